The molecule has 0 amide bonds. The number of hydrogen-bond donors (Lipinski definition) is 0. The van der Waals surface area contributed by atoms with Crippen LogP contribution in [0.3, 0.4) is 0 Å². The molecule has 1 aliphatic carbocycles. The Morgan fingerprint density at radius 2 is 1.47 bits per heavy atom. The van der Waals surface area contributed by atoms with E-state index in [0.717, 1.165) is 31.8 Å². The minimum absolute atomic E-state index is 0.264. The van der Waals surface area contributed by atoms with Gasteiger partial charge < -0.3 is 13.9 Å². The van der Waals surface area contributed by atoms with E-state index in [1.165, 1.54) is 12.8 Å². The summed E-state index contributed by atoms with van der Waals surface area (Å²) in [5.41, 5.74) is 0. The summed E-state index contributed by atoms with van der Waals surface area (Å²) in [5.74, 6) is 3.73. The van der Waals surface area contributed by atoms with Gasteiger partial charge in [-0.15, -0.1) is 4.76 Å². The molecule has 0 bridgehead atoms. The van der Waals surface area contributed by atoms with Crippen molar-refractivity contribution in [2.24, 2.45) is 28.4 Å². The van der Waals surface area contributed by atoms with Gasteiger partial charge in [0.15, 0.2) is 0 Å². The van der Waals surface area contributed by atoms with Crippen LogP contribution in [-0.2, 0) is 4.57 Å². The first-order chi connectivity index (χ1) is 15.5. The Balaban J connectivity index is 1.76. The summed E-state index contributed by atoms with van der Waals surface area (Å²) < 4.78 is 31.1. The zero-order valence-corrected chi connectivity index (χ0v) is 20.3. The second kappa shape index (κ2) is 10.1. The molecule has 5 nitrogen and oxygen atoms in total. The van der Waals surface area contributed by atoms with Crippen LogP contribution in [0.5, 0.6) is 11.5 Å². The average molecular weight is 455 g/mol. The van der Waals surface area contributed by atoms with E-state index in [9.17, 15) is 4.57 Å². The van der Waals surface area contributed by atoms with Gasteiger partial charge >= 0.3 is 7.75 Å². The maximum absolute atomic E-state index is 14.2. The molecule has 4 rings (SSSR count). The highest BCUT2D eigenvalue weighted by atomic mass is 31.2. The molecule has 172 valence electrons. The van der Waals surface area contributed by atoms with Crippen LogP contribution in [0.1, 0.15) is 46.5 Å². The Morgan fingerprint density at radius 3 is 1.97 bits per heavy atom. The second-order valence-corrected chi connectivity index (χ2v) is 10.9. The van der Waals surface area contributed by atoms with Gasteiger partial charge in [0, 0.05) is 19.0 Å². The van der Waals surface area contributed by atoms with Crippen LogP contribution in [-0.4, -0.2) is 23.8 Å². The van der Waals surface area contributed by atoms with E-state index in [2.05, 4.69) is 25.7 Å². The molecule has 3 atom stereocenters. The van der Waals surface area contributed by atoms with Crippen molar-refractivity contribution in [2.75, 3.05) is 13.1 Å². The molecule has 2 aliphatic rings. The third kappa shape index (κ3) is 5.38. The molecule has 6 heteroatoms. The van der Waals surface area contributed by atoms with Crippen molar-refractivity contribution in [2.45, 2.75) is 46.5 Å². The summed E-state index contributed by atoms with van der Waals surface area (Å²) in [6.07, 6.45) is 4.62. The van der Waals surface area contributed by atoms with Crippen molar-refractivity contribution >= 4 is 13.6 Å². The zero-order valence-electron chi connectivity index (χ0n) is 19.4. The van der Waals surface area contributed by atoms with Crippen LogP contribution >= 0.6 is 7.75 Å². The second-order valence-electron chi connectivity index (χ2n) is 9.42. The van der Waals surface area contributed by atoms with Crippen molar-refractivity contribution in [3.63, 3.8) is 0 Å². The standard InChI is InChI=1S/C26H35N2O3P/c1-20(2)24-17-16-21(3)25(24)26(28-18-10-11-19-28)27-32(29,30-22-12-6-4-7-13-22)31-23-14-8-5-9-15-23/h4-9,12-15,20-21,24-25H,10-11,16-19H2,1-3H3/b27-26-. The summed E-state index contributed by atoms with van der Waals surface area (Å²) in [6.45, 7) is 8.78. The molecule has 32 heavy (non-hydrogen) atoms. The maximum atomic E-state index is 14.2. The molecule has 1 heterocycles. The third-order valence-electron chi connectivity index (χ3n) is 6.77. The Bertz CT molecular complexity index is 897. The van der Waals surface area contributed by atoms with Gasteiger partial charge in [0.1, 0.15) is 17.3 Å². The van der Waals surface area contributed by atoms with Crippen molar-refractivity contribution in [3.05, 3.63) is 60.7 Å². The van der Waals surface area contributed by atoms with Crippen molar-refractivity contribution < 1.29 is 13.6 Å². The Labute approximate surface area is 192 Å². The Kier molecular flexibility index (Phi) is 7.25. The molecule has 0 aromatic heterocycles. The molecule has 1 saturated heterocycles. The quantitative estimate of drug-likeness (QED) is 0.255. The van der Waals surface area contributed by atoms with Gasteiger partial charge in [-0.25, -0.2) is 4.57 Å². The average Bonchev–Trinajstić information content (AvgIpc) is 3.44. The predicted molar refractivity (Wildman–Crippen MR) is 130 cm³/mol. The fraction of sp³-hybridized carbons (Fsp3) is 0.500. The molecular weight excluding hydrogens is 419 g/mol. The summed E-state index contributed by atoms with van der Waals surface area (Å²) in [5, 5.41) is 0. The summed E-state index contributed by atoms with van der Waals surface area (Å²) in [4.78, 5) is 2.33. The lowest BCUT2D eigenvalue weighted by Gasteiger charge is -2.33. The summed E-state index contributed by atoms with van der Waals surface area (Å²) >= 11 is 0. The van der Waals surface area contributed by atoms with Gasteiger partial charge in [-0.05, 0) is 67.7 Å². The van der Waals surface area contributed by atoms with Crippen LogP contribution in [0.4, 0.5) is 0 Å². The highest BCUT2D eigenvalue weighted by molar-refractivity contribution is 7.53. The predicted octanol–water partition coefficient (Wildman–Crippen LogP) is 7.07. The molecule has 1 saturated carbocycles. The van der Waals surface area contributed by atoms with Gasteiger partial charge in [0.05, 0.1) is 0 Å². The minimum Gasteiger partial charge on any atom is -0.399 e. The van der Waals surface area contributed by atoms with Crippen molar-refractivity contribution in [1.29, 1.82) is 0 Å². The zero-order chi connectivity index (χ0) is 22.6. The molecule has 0 radical (unpaired) electrons. The number of para-hydroxylation sites is 2. The van der Waals surface area contributed by atoms with Gasteiger partial charge in [-0.1, -0.05) is 57.2 Å². The monoisotopic (exact) mass is 454 g/mol. The lowest BCUT2D eigenvalue weighted by atomic mass is 9.82. The first kappa shape index (κ1) is 22.9. The lowest BCUT2D eigenvalue weighted by molar-refractivity contribution is 0.303. The molecule has 2 aromatic carbocycles. The number of amidine groups is 1. The minimum atomic E-state index is -3.86. The van der Waals surface area contributed by atoms with Gasteiger partial charge in [-0.2, -0.15) is 0 Å². The van der Waals surface area contributed by atoms with Crippen molar-refractivity contribution in [3.8, 4) is 11.5 Å². The van der Waals surface area contributed by atoms with E-state index >= 15 is 0 Å². The molecule has 2 aromatic rings. The highest BCUT2D eigenvalue weighted by Crippen LogP contribution is 2.52. The number of hydrogen-bond acceptors (Lipinski definition) is 3. The molecule has 2 fully saturated rings. The van der Waals surface area contributed by atoms with Crippen LogP contribution in [0.15, 0.2) is 65.4 Å². The number of rotatable bonds is 7. The van der Waals surface area contributed by atoms with Gasteiger partial charge in [0.2, 0.25) is 0 Å². The highest BCUT2D eigenvalue weighted by Gasteiger charge is 2.43. The number of likely N-dealkylation sites (tertiary alicyclic amines) is 1. The van der Waals surface area contributed by atoms with Crippen LogP contribution < -0.4 is 9.05 Å². The first-order valence-electron chi connectivity index (χ1n) is 11.9. The van der Waals surface area contributed by atoms with Crippen LogP contribution in [0.25, 0.3) is 0 Å². The first-order valence-corrected chi connectivity index (χ1v) is 13.4. The SMILES string of the molecule is CC(C)C1CCC(C)C1/C(=N/P(=O)(Oc1ccccc1)Oc1ccccc1)N1CCCC1. The Hall–Kier alpha value is -2.26. The van der Waals surface area contributed by atoms with Crippen LogP contribution in [0.2, 0.25) is 0 Å². The molecule has 1 aliphatic heterocycles. The molecule has 0 spiro atoms. The number of benzene rings is 2. The van der Waals surface area contributed by atoms with Gasteiger partial charge in [0.25, 0.3) is 0 Å². The fourth-order valence-electron chi connectivity index (χ4n) is 5.13. The smallest absolute Gasteiger partial charge is 0.399 e. The molecule has 0 N–H and O–H groups in total. The number of nitrogens with zero attached hydrogens (tertiary/aromatic N) is 2. The molecule has 3 unspecified atom stereocenters. The van der Waals surface area contributed by atoms with Crippen molar-refractivity contribution in [1.82, 2.24) is 4.90 Å². The van der Waals surface area contributed by atoms with Crippen LogP contribution in [0, 0.1) is 23.7 Å². The van der Waals surface area contributed by atoms with E-state index in [1.54, 1.807) is 24.3 Å². The fourth-order valence-corrected chi connectivity index (χ4v) is 6.54. The topological polar surface area (TPSA) is 51.1 Å². The molecular formula is C26H35N2O3P. The van der Waals surface area contributed by atoms with E-state index < -0.39 is 7.75 Å². The van der Waals surface area contributed by atoms with E-state index in [1.807, 2.05) is 36.4 Å². The third-order valence-corrected chi connectivity index (χ3v) is 8.10. The lowest BCUT2D eigenvalue weighted by Crippen LogP contribution is -2.39. The van der Waals surface area contributed by atoms with E-state index in [-0.39, 0.29) is 5.92 Å². The maximum Gasteiger partial charge on any atom is 0.564 e. The van der Waals surface area contributed by atoms with E-state index in [4.69, 9.17) is 13.8 Å². The Morgan fingerprint density at radius 1 is 0.938 bits per heavy atom. The largest absolute Gasteiger partial charge is 0.564 e. The van der Waals surface area contributed by atoms with E-state index in [0.29, 0.717) is 29.3 Å². The summed E-state index contributed by atoms with van der Waals surface area (Å²) in [7, 11) is -3.86. The normalized spacial score (nSPS) is 24.2. The van der Waals surface area contributed by atoms with Gasteiger partial charge in [-0.3, -0.25) is 0 Å². The summed E-state index contributed by atoms with van der Waals surface area (Å²) in [6, 6.07) is 18.4.